The van der Waals surface area contributed by atoms with Crippen LogP contribution in [0.25, 0.3) is 0 Å². The van der Waals surface area contributed by atoms with E-state index in [0.717, 1.165) is 8.66 Å². The number of hydrogen-bond acceptors (Lipinski definition) is 4. The van der Waals surface area contributed by atoms with Gasteiger partial charge in [0.2, 0.25) is 5.91 Å². The van der Waals surface area contributed by atoms with Crippen LogP contribution in [0.4, 0.5) is 0 Å². The van der Waals surface area contributed by atoms with Crippen LogP contribution in [0, 0.1) is 0 Å². The maximum atomic E-state index is 11.1. The fourth-order valence-electron chi connectivity index (χ4n) is 1.40. The monoisotopic (exact) mass is 329 g/mol. The van der Waals surface area contributed by atoms with Gasteiger partial charge in [-0.15, -0.1) is 11.3 Å². The zero-order valence-electron chi connectivity index (χ0n) is 7.18. The van der Waals surface area contributed by atoms with Crippen molar-refractivity contribution in [2.45, 2.75) is 12.5 Å². The van der Waals surface area contributed by atoms with E-state index < -0.39 is 21.2 Å². The second-order valence-electron chi connectivity index (χ2n) is 2.99. The van der Waals surface area contributed by atoms with Gasteiger partial charge < -0.3 is 0 Å². The van der Waals surface area contributed by atoms with Crippen LogP contribution in [-0.2, 0) is 14.0 Å². The first-order valence-corrected chi connectivity index (χ1v) is 7.79. The van der Waals surface area contributed by atoms with Crippen LogP contribution in [0.1, 0.15) is 17.3 Å². The minimum absolute atomic E-state index is 0.193. The van der Waals surface area contributed by atoms with Crippen molar-refractivity contribution in [2.24, 2.45) is 0 Å². The van der Waals surface area contributed by atoms with E-state index in [4.69, 9.17) is 10.7 Å². The molecule has 15 heavy (non-hydrogen) atoms. The number of nitrogens with zero attached hydrogens (tertiary/aromatic N) is 1. The normalized spacial score (nSPS) is 21.6. The highest BCUT2D eigenvalue weighted by atomic mass is 79.9. The first-order valence-electron chi connectivity index (χ1n) is 3.91. The lowest BCUT2D eigenvalue weighted by atomic mass is 10.1. The van der Waals surface area contributed by atoms with Crippen LogP contribution in [0.2, 0.25) is 0 Å². The molecule has 0 spiro atoms. The smallest absolute Gasteiger partial charge is 0.274 e. The van der Waals surface area contributed by atoms with Crippen molar-refractivity contribution in [1.82, 2.24) is 4.31 Å². The Balaban J connectivity index is 2.30. The molecule has 1 fully saturated rings. The summed E-state index contributed by atoms with van der Waals surface area (Å²) < 4.78 is 23.8. The summed E-state index contributed by atoms with van der Waals surface area (Å²) in [6.45, 7) is 0. The SMILES string of the molecule is O=C1CC(c2ccc(Br)s2)N1S(=O)(=O)Cl. The number of amides is 1. The minimum Gasteiger partial charge on any atom is -0.274 e. The highest BCUT2D eigenvalue weighted by Gasteiger charge is 2.45. The van der Waals surface area contributed by atoms with E-state index in [1.807, 2.05) is 6.07 Å². The molecule has 1 amide bonds. The van der Waals surface area contributed by atoms with Gasteiger partial charge in [0, 0.05) is 15.6 Å². The van der Waals surface area contributed by atoms with Gasteiger partial charge in [0.1, 0.15) is 0 Å². The zero-order valence-corrected chi connectivity index (χ0v) is 11.2. The Morgan fingerprint density at radius 3 is 2.60 bits per heavy atom. The molecule has 82 valence electrons. The lowest BCUT2D eigenvalue weighted by Gasteiger charge is -2.36. The maximum Gasteiger partial charge on any atom is 0.324 e. The predicted molar refractivity (Wildman–Crippen MR) is 61.0 cm³/mol. The van der Waals surface area contributed by atoms with Gasteiger partial charge in [0.15, 0.2) is 0 Å². The summed E-state index contributed by atoms with van der Waals surface area (Å²) in [6, 6.07) is 3.15. The highest BCUT2D eigenvalue weighted by Crippen LogP contribution is 2.41. The Morgan fingerprint density at radius 2 is 2.20 bits per heavy atom. The van der Waals surface area contributed by atoms with Gasteiger partial charge in [-0.1, -0.05) is 0 Å². The highest BCUT2D eigenvalue weighted by molar-refractivity contribution is 9.11. The van der Waals surface area contributed by atoms with Crippen LogP contribution >= 0.6 is 37.9 Å². The second kappa shape index (κ2) is 3.73. The standard InChI is InChI=1S/C7H5BrClNO3S2/c8-6-2-1-5(14-6)4-3-7(11)10(4)15(9,12)13/h1-2,4H,3H2. The third-order valence-electron chi connectivity index (χ3n) is 2.05. The molecule has 1 aliphatic rings. The molecule has 1 saturated heterocycles. The largest absolute Gasteiger partial charge is 0.324 e. The molecular weight excluding hydrogens is 326 g/mol. The van der Waals surface area contributed by atoms with E-state index in [1.54, 1.807) is 6.07 Å². The average molecular weight is 331 g/mol. The van der Waals surface area contributed by atoms with E-state index in [1.165, 1.54) is 11.3 Å². The van der Waals surface area contributed by atoms with Crippen LogP contribution in [0.3, 0.4) is 0 Å². The maximum absolute atomic E-state index is 11.1. The van der Waals surface area contributed by atoms with E-state index in [2.05, 4.69) is 15.9 Å². The summed E-state index contributed by atoms with van der Waals surface area (Å²) in [6.07, 6.45) is 0.193. The first kappa shape index (κ1) is 11.4. The summed E-state index contributed by atoms with van der Waals surface area (Å²) >= 11 is 4.67. The molecule has 1 aliphatic heterocycles. The third-order valence-corrected chi connectivity index (χ3v) is 5.15. The van der Waals surface area contributed by atoms with Crippen molar-refractivity contribution in [3.63, 3.8) is 0 Å². The van der Waals surface area contributed by atoms with E-state index >= 15 is 0 Å². The molecule has 2 rings (SSSR count). The van der Waals surface area contributed by atoms with E-state index in [-0.39, 0.29) is 6.42 Å². The molecular formula is C7H5BrClNO3S2. The van der Waals surface area contributed by atoms with Gasteiger partial charge in [-0.05, 0) is 28.1 Å². The topological polar surface area (TPSA) is 54.5 Å². The number of hydrogen-bond donors (Lipinski definition) is 0. The van der Waals surface area contributed by atoms with Gasteiger partial charge in [-0.2, -0.15) is 8.42 Å². The molecule has 2 heterocycles. The number of thiophene rings is 1. The van der Waals surface area contributed by atoms with Gasteiger partial charge >= 0.3 is 9.24 Å². The summed E-state index contributed by atoms with van der Waals surface area (Å²) in [5.41, 5.74) is 0. The van der Waals surface area contributed by atoms with E-state index in [9.17, 15) is 13.2 Å². The molecule has 0 aromatic carbocycles. The Bertz CT molecular complexity index is 512. The predicted octanol–water partition coefficient (Wildman–Crippen LogP) is 2.27. The van der Waals surface area contributed by atoms with Crippen LogP contribution in [0.15, 0.2) is 15.9 Å². The molecule has 0 saturated carbocycles. The number of carbonyl (C=O) groups is 1. The summed E-state index contributed by atoms with van der Waals surface area (Å²) in [4.78, 5) is 11.9. The molecule has 8 heteroatoms. The number of halogens is 2. The molecule has 1 atom stereocenters. The Morgan fingerprint density at radius 1 is 1.53 bits per heavy atom. The first-order chi connectivity index (χ1) is 6.89. The van der Waals surface area contributed by atoms with Gasteiger partial charge in [0.05, 0.1) is 16.2 Å². The summed E-state index contributed by atoms with van der Waals surface area (Å²) in [5.74, 6) is -0.459. The van der Waals surface area contributed by atoms with Crippen molar-refractivity contribution in [2.75, 3.05) is 0 Å². The van der Waals surface area contributed by atoms with Gasteiger partial charge in [-0.3, -0.25) is 4.79 Å². The molecule has 0 N–H and O–H groups in total. The Hall–Kier alpha value is -0.110. The number of β-lactam (4-membered cyclic amide) rings is 1. The average Bonchev–Trinajstić information content (AvgIpc) is 2.43. The molecule has 1 aromatic heterocycles. The van der Waals surface area contributed by atoms with Gasteiger partial charge in [0.25, 0.3) is 0 Å². The quantitative estimate of drug-likeness (QED) is 0.617. The zero-order chi connectivity index (χ0) is 11.2. The summed E-state index contributed by atoms with van der Waals surface area (Å²) in [7, 11) is 1.20. The van der Waals surface area contributed by atoms with Crippen molar-refractivity contribution in [3.05, 3.63) is 20.8 Å². The van der Waals surface area contributed by atoms with Crippen molar-refractivity contribution < 1.29 is 13.2 Å². The summed E-state index contributed by atoms with van der Waals surface area (Å²) in [5, 5.41) is 0. The van der Waals surface area contributed by atoms with Crippen molar-refractivity contribution >= 4 is 53.1 Å². The van der Waals surface area contributed by atoms with Crippen LogP contribution in [-0.4, -0.2) is 18.6 Å². The Kier molecular flexibility index (Phi) is 2.83. The lowest BCUT2D eigenvalue weighted by molar-refractivity contribution is -0.137. The van der Waals surface area contributed by atoms with Crippen LogP contribution in [0.5, 0.6) is 0 Å². The van der Waals surface area contributed by atoms with Crippen molar-refractivity contribution in [1.29, 1.82) is 0 Å². The fraction of sp³-hybridized carbons (Fsp3) is 0.286. The minimum atomic E-state index is -3.96. The molecule has 0 bridgehead atoms. The van der Waals surface area contributed by atoms with Crippen molar-refractivity contribution in [3.8, 4) is 0 Å². The molecule has 0 radical (unpaired) electrons. The lowest BCUT2D eigenvalue weighted by Crippen LogP contribution is -2.47. The number of rotatable bonds is 2. The van der Waals surface area contributed by atoms with E-state index in [0.29, 0.717) is 4.31 Å². The second-order valence-corrected chi connectivity index (χ2v) is 7.88. The fourth-order valence-corrected chi connectivity index (χ4v) is 4.31. The number of carbonyl (C=O) groups excluding carboxylic acids is 1. The molecule has 1 aromatic rings. The third kappa shape index (κ3) is 2.06. The van der Waals surface area contributed by atoms with Crippen LogP contribution < -0.4 is 0 Å². The molecule has 1 unspecified atom stereocenters. The van der Waals surface area contributed by atoms with Gasteiger partial charge in [-0.25, -0.2) is 4.31 Å². The molecule has 4 nitrogen and oxygen atoms in total. The molecule has 0 aliphatic carbocycles. The Labute approximate surface area is 104 Å².